The predicted octanol–water partition coefficient (Wildman–Crippen LogP) is 3.83. The zero-order valence-corrected chi connectivity index (χ0v) is 15.4. The third kappa shape index (κ3) is 4.40. The van der Waals surface area contributed by atoms with Gasteiger partial charge in [0.15, 0.2) is 0 Å². The van der Waals surface area contributed by atoms with Crippen molar-refractivity contribution in [1.29, 1.82) is 0 Å². The number of pyridine rings is 1. The minimum Gasteiger partial charge on any atom is -0.439 e. The summed E-state index contributed by atoms with van der Waals surface area (Å²) in [6.07, 6.45) is 2.59. The van der Waals surface area contributed by atoms with Crippen LogP contribution in [0.3, 0.4) is 0 Å². The quantitative estimate of drug-likeness (QED) is 0.693. The molecule has 0 fully saturated rings. The van der Waals surface area contributed by atoms with Crippen LogP contribution in [0.1, 0.15) is 27.9 Å². The first-order chi connectivity index (χ1) is 14.1. The molecule has 3 aromatic rings. The van der Waals surface area contributed by atoms with Gasteiger partial charge >= 0.3 is 0 Å². The highest BCUT2D eigenvalue weighted by Gasteiger charge is 2.17. The van der Waals surface area contributed by atoms with Crippen LogP contribution in [0, 0.1) is 5.82 Å². The van der Waals surface area contributed by atoms with Crippen molar-refractivity contribution in [2.75, 3.05) is 5.32 Å². The lowest BCUT2D eigenvalue weighted by Crippen LogP contribution is -2.24. The molecule has 1 aliphatic heterocycles. The molecule has 0 unspecified atom stereocenters. The molecule has 146 valence electrons. The minimum absolute atomic E-state index is 0.0166. The summed E-state index contributed by atoms with van der Waals surface area (Å²) >= 11 is 0. The van der Waals surface area contributed by atoms with Crippen LogP contribution in [0.2, 0.25) is 0 Å². The van der Waals surface area contributed by atoms with Crippen molar-refractivity contribution in [3.63, 3.8) is 0 Å². The SMILES string of the molecule is O=C1CCc2cc(C(=O)NCc3cccnc3Oc3cccc(F)c3)ccc2N1. The molecule has 0 spiro atoms. The van der Waals surface area contributed by atoms with E-state index < -0.39 is 5.82 Å². The molecule has 4 rings (SSSR count). The number of nitrogens with one attached hydrogen (secondary N) is 2. The monoisotopic (exact) mass is 391 g/mol. The largest absolute Gasteiger partial charge is 0.439 e. The summed E-state index contributed by atoms with van der Waals surface area (Å²) in [5.41, 5.74) is 2.86. The van der Waals surface area contributed by atoms with Crippen LogP contribution in [0.25, 0.3) is 0 Å². The van der Waals surface area contributed by atoms with Gasteiger partial charge in [0.1, 0.15) is 11.6 Å². The molecule has 29 heavy (non-hydrogen) atoms. The molecule has 7 heteroatoms. The Morgan fingerprint density at radius 2 is 2.03 bits per heavy atom. The second kappa shape index (κ2) is 8.10. The van der Waals surface area contributed by atoms with E-state index in [1.54, 1.807) is 48.7 Å². The van der Waals surface area contributed by atoms with Gasteiger partial charge in [-0.05, 0) is 48.4 Å². The Bertz CT molecular complexity index is 1080. The van der Waals surface area contributed by atoms with E-state index in [1.165, 1.54) is 12.1 Å². The molecule has 1 aromatic heterocycles. The fourth-order valence-corrected chi connectivity index (χ4v) is 3.09. The summed E-state index contributed by atoms with van der Waals surface area (Å²) < 4.78 is 19.0. The summed E-state index contributed by atoms with van der Waals surface area (Å²) in [5.74, 6) is -0.0428. The summed E-state index contributed by atoms with van der Waals surface area (Å²) in [7, 11) is 0. The molecule has 2 heterocycles. The first-order valence-electron chi connectivity index (χ1n) is 9.17. The average molecular weight is 391 g/mol. The highest BCUT2D eigenvalue weighted by molar-refractivity contribution is 5.97. The first-order valence-corrected chi connectivity index (χ1v) is 9.17. The molecule has 2 aromatic carbocycles. The van der Waals surface area contributed by atoms with Crippen LogP contribution in [0.4, 0.5) is 10.1 Å². The Hall–Kier alpha value is -3.74. The van der Waals surface area contributed by atoms with E-state index in [9.17, 15) is 14.0 Å². The zero-order valence-electron chi connectivity index (χ0n) is 15.4. The number of aromatic nitrogens is 1. The van der Waals surface area contributed by atoms with Crippen molar-refractivity contribution >= 4 is 17.5 Å². The summed E-state index contributed by atoms with van der Waals surface area (Å²) in [6.45, 7) is 0.200. The van der Waals surface area contributed by atoms with Gasteiger partial charge in [0, 0.05) is 42.0 Å². The average Bonchev–Trinajstić information content (AvgIpc) is 2.72. The normalized spacial score (nSPS) is 12.7. The number of hydrogen-bond donors (Lipinski definition) is 2. The fraction of sp³-hybridized carbons (Fsp3) is 0.136. The molecule has 0 aliphatic carbocycles. The van der Waals surface area contributed by atoms with Gasteiger partial charge < -0.3 is 15.4 Å². The molecule has 1 aliphatic rings. The van der Waals surface area contributed by atoms with E-state index in [-0.39, 0.29) is 18.4 Å². The van der Waals surface area contributed by atoms with Crippen LogP contribution in [-0.2, 0) is 17.8 Å². The second-order valence-corrected chi connectivity index (χ2v) is 6.63. The van der Waals surface area contributed by atoms with Crippen molar-refractivity contribution in [3.05, 3.63) is 83.3 Å². The Morgan fingerprint density at radius 1 is 1.14 bits per heavy atom. The number of fused-ring (bicyclic) bond motifs is 1. The van der Waals surface area contributed by atoms with Gasteiger partial charge in [0.2, 0.25) is 11.8 Å². The molecule has 2 amide bonds. The highest BCUT2D eigenvalue weighted by atomic mass is 19.1. The van der Waals surface area contributed by atoms with Gasteiger partial charge in [-0.25, -0.2) is 9.37 Å². The van der Waals surface area contributed by atoms with Gasteiger partial charge in [-0.15, -0.1) is 0 Å². The van der Waals surface area contributed by atoms with Gasteiger partial charge in [-0.1, -0.05) is 12.1 Å². The summed E-state index contributed by atoms with van der Waals surface area (Å²) in [4.78, 5) is 28.2. The molecule has 0 atom stereocenters. The number of aryl methyl sites for hydroxylation is 1. The van der Waals surface area contributed by atoms with Crippen LogP contribution in [0.15, 0.2) is 60.8 Å². The molecule has 0 saturated carbocycles. The van der Waals surface area contributed by atoms with E-state index in [4.69, 9.17) is 4.74 Å². The summed E-state index contributed by atoms with van der Waals surface area (Å²) in [5, 5.41) is 5.64. The van der Waals surface area contributed by atoms with Crippen molar-refractivity contribution in [2.45, 2.75) is 19.4 Å². The molecule has 0 bridgehead atoms. The van der Waals surface area contributed by atoms with Gasteiger partial charge in [-0.2, -0.15) is 0 Å². The lowest BCUT2D eigenvalue weighted by atomic mass is 10.00. The maximum absolute atomic E-state index is 13.4. The zero-order chi connectivity index (χ0) is 20.2. The smallest absolute Gasteiger partial charge is 0.251 e. The predicted molar refractivity (Wildman–Crippen MR) is 105 cm³/mol. The van der Waals surface area contributed by atoms with Crippen molar-refractivity contribution in [1.82, 2.24) is 10.3 Å². The first kappa shape index (κ1) is 18.6. The number of rotatable bonds is 5. The maximum atomic E-state index is 13.4. The Labute approximate surface area is 166 Å². The lowest BCUT2D eigenvalue weighted by molar-refractivity contribution is -0.116. The number of hydrogen-bond acceptors (Lipinski definition) is 4. The number of carbonyl (C=O) groups is 2. The van der Waals surface area contributed by atoms with E-state index in [1.807, 2.05) is 0 Å². The third-order valence-electron chi connectivity index (χ3n) is 4.56. The molecule has 0 radical (unpaired) electrons. The van der Waals surface area contributed by atoms with E-state index in [0.29, 0.717) is 35.6 Å². The highest BCUT2D eigenvalue weighted by Crippen LogP contribution is 2.25. The number of amides is 2. The van der Waals surface area contributed by atoms with Crippen LogP contribution in [0.5, 0.6) is 11.6 Å². The number of ether oxygens (including phenoxy) is 1. The number of carbonyl (C=O) groups excluding carboxylic acids is 2. The topological polar surface area (TPSA) is 80.3 Å². The van der Waals surface area contributed by atoms with Gasteiger partial charge in [0.05, 0.1) is 0 Å². The van der Waals surface area contributed by atoms with Crippen molar-refractivity contribution < 1.29 is 18.7 Å². The summed E-state index contributed by atoms with van der Waals surface area (Å²) in [6, 6.07) is 14.5. The molecular weight excluding hydrogens is 373 g/mol. The van der Waals surface area contributed by atoms with Crippen molar-refractivity contribution in [3.8, 4) is 11.6 Å². The fourth-order valence-electron chi connectivity index (χ4n) is 3.09. The van der Waals surface area contributed by atoms with Gasteiger partial charge in [0.25, 0.3) is 5.91 Å². The Balaban J connectivity index is 1.45. The molecule has 6 nitrogen and oxygen atoms in total. The van der Waals surface area contributed by atoms with Crippen LogP contribution < -0.4 is 15.4 Å². The number of benzene rings is 2. The Morgan fingerprint density at radius 3 is 2.90 bits per heavy atom. The Kier molecular flexibility index (Phi) is 5.20. The van der Waals surface area contributed by atoms with E-state index in [0.717, 1.165) is 11.3 Å². The standard InChI is InChI=1S/C22H18FN3O3/c23-17-4-1-5-18(12-17)29-22-16(3-2-10-24-22)13-25-21(28)15-6-8-19-14(11-15)7-9-20(27)26-19/h1-6,8,10-12H,7,9,13H2,(H,25,28)(H,26,27). The van der Waals surface area contributed by atoms with Gasteiger partial charge in [-0.3, -0.25) is 9.59 Å². The number of halogens is 1. The number of nitrogens with zero attached hydrogens (tertiary/aromatic N) is 1. The van der Waals surface area contributed by atoms with E-state index in [2.05, 4.69) is 15.6 Å². The lowest BCUT2D eigenvalue weighted by Gasteiger charge is -2.17. The van der Waals surface area contributed by atoms with Crippen LogP contribution in [-0.4, -0.2) is 16.8 Å². The van der Waals surface area contributed by atoms with Crippen LogP contribution >= 0.6 is 0 Å². The number of anilines is 1. The second-order valence-electron chi connectivity index (χ2n) is 6.63. The molecule has 2 N–H and O–H groups in total. The molecule has 0 saturated heterocycles. The molecular formula is C22H18FN3O3. The van der Waals surface area contributed by atoms with Crippen molar-refractivity contribution in [2.24, 2.45) is 0 Å². The van der Waals surface area contributed by atoms with E-state index >= 15 is 0 Å². The minimum atomic E-state index is -0.406. The third-order valence-corrected chi connectivity index (χ3v) is 4.56. The maximum Gasteiger partial charge on any atom is 0.251 e.